The summed E-state index contributed by atoms with van der Waals surface area (Å²) in [7, 11) is 1.51. The van der Waals surface area contributed by atoms with Gasteiger partial charge in [-0.3, -0.25) is 4.79 Å². The van der Waals surface area contributed by atoms with E-state index >= 15 is 0 Å². The minimum absolute atomic E-state index is 0.0952. The number of nitrogens with zero attached hydrogens (tertiary/aromatic N) is 1. The van der Waals surface area contributed by atoms with Crippen LogP contribution in [0.25, 0.3) is 0 Å². The van der Waals surface area contributed by atoms with Gasteiger partial charge in [0.05, 0.1) is 6.61 Å². The van der Waals surface area contributed by atoms with Crippen LogP contribution < -0.4 is 11.1 Å². The summed E-state index contributed by atoms with van der Waals surface area (Å²) >= 11 is 0. The standard InChI is InChI=1S/C12H17N3O3/c1-3-18-11(16)8-15(2)12(17)14-10-6-4-5-9(13)7-10/h4-7H,3,8,13H2,1-2H3,(H,14,17). The van der Waals surface area contributed by atoms with E-state index in [4.69, 9.17) is 10.5 Å². The van der Waals surface area contributed by atoms with Crippen molar-refractivity contribution in [2.75, 3.05) is 31.2 Å². The van der Waals surface area contributed by atoms with Crippen LogP contribution in [-0.2, 0) is 9.53 Å². The third kappa shape index (κ3) is 4.32. The second-order valence-corrected chi connectivity index (χ2v) is 3.72. The van der Waals surface area contributed by atoms with E-state index in [1.807, 2.05) is 0 Å². The van der Waals surface area contributed by atoms with E-state index in [1.165, 1.54) is 11.9 Å². The number of carbonyl (C=O) groups excluding carboxylic acids is 2. The summed E-state index contributed by atoms with van der Waals surface area (Å²) in [6.07, 6.45) is 0. The number of likely N-dealkylation sites (N-methyl/N-ethyl adjacent to an activating group) is 1. The van der Waals surface area contributed by atoms with E-state index in [2.05, 4.69) is 5.32 Å². The molecule has 0 aromatic heterocycles. The second-order valence-electron chi connectivity index (χ2n) is 3.72. The summed E-state index contributed by atoms with van der Waals surface area (Å²) in [6.45, 7) is 1.91. The number of carbonyl (C=O) groups is 2. The molecule has 2 amide bonds. The van der Waals surface area contributed by atoms with Crippen LogP contribution in [0.15, 0.2) is 24.3 Å². The number of nitrogens with two attached hydrogens (primary N) is 1. The van der Waals surface area contributed by atoms with E-state index in [0.717, 1.165) is 0 Å². The molecule has 0 aliphatic heterocycles. The van der Waals surface area contributed by atoms with Crippen molar-refractivity contribution in [3.8, 4) is 0 Å². The molecule has 98 valence electrons. The predicted octanol–water partition coefficient (Wildman–Crippen LogP) is 1.30. The van der Waals surface area contributed by atoms with Crippen molar-refractivity contribution < 1.29 is 14.3 Å². The summed E-state index contributed by atoms with van der Waals surface area (Å²) < 4.78 is 4.75. The fourth-order valence-electron chi connectivity index (χ4n) is 1.31. The van der Waals surface area contributed by atoms with Gasteiger partial charge in [-0.1, -0.05) is 6.07 Å². The molecule has 0 bridgehead atoms. The third-order valence-electron chi connectivity index (χ3n) is 2.16. The zero-order chi connectivity index (χ0) is 13.5. The highest BCUT2D eigenvalue weighted by atomic mass is 16.5. The molecule has 3 N–H and O–H groups in total. The minimum atomic E-state index is -0.442. The summed E-state index contributed by atoms with van der Waals surface area (Å²) in [5.74, 6) is -0.442. The number of nitrogen functional groups attached to an aromatic ring is 1. The summed E-state index contributed by atoms with van der Waals surface area (Å²) in [4.78, 5) is 24.2. The Bertz CT molecular complexity index is 434. The lowest BCUT2D eigenvalue weighted by Crippen LogP contribution is -2.36. The minimum Gasteiger partial charge on any atom is -0.465 e. The van der Waals surface area contributed by atoms with Crippen LogP contribution >= 0.6 is 0 Å². The van der Waals surface area contributed by atoms with Gasteiger partial charge in [0, 0.05) is 18.4 Å². The molecule has 6 nitrogen and oxygen atoms in total. The van der Waals surface area contributed by atoms with Gasteiger partial charge in [0.25, 0.3) is 0 Å². The summed E-state index contributed by atoms with van der Waals surface area (Å²) in [6, 6.07) is 6.41. The molecule has 0 fully saturated rings. The Hall–Kier alpha value is -2.24. The zero-order valence-electron chi connectivity index (χ0n) is 10.5. The molecule has 1 aromatic rings. The Kier molecular flexibility index (Phi) is 4.98. The Balaban J connectivity index is 2.52. The number of rotatable bonds is 4. The van der Waals surface area contributed by atoms with Crippen LogP contribution in [0.1, 0.15) is 6.92 Å². The average Bonchev–Trinajstić information content (AvgIpc) is 2.29. The first kappa shape index (κ1) is 13.8. The highest BCUT2D eigenvalue weighted by Gasteiger charge is 2.13. The van der Waals surface area contributed by atoms with Gasteiger partial charge in [0.2, 0.25) is 0 Å². The van der Waals surface area contributed by atoms with Gasteiger partial charge < -0.3 is 20.7 Å². The number of esters is 1. The lowest BCUT2D eigenvalue weighted by Gasteiger charge is -2.17. The smallest absolute Gasteiger partial charge is 0.325 e. The maximum atomic E-state index is 11.7. The molecular formula is C12H17N3O3. The molecule has 0 radical (unpaired) electrons. The van der Waals surface area contributed by atoms with Crippen molar-refractivity contribution in [1.29, 1.82) is 0 Å². The van der Waals surface area contributed by atoms with Crippen molar-refractivity contribution in [2.24, 2.45) is 0 Å². The molecule has 1 aromatic carbocycles. The first-order chi connectivity index (χ1) is 8.52. The predicted molar refractivity (Wildman–Crippen MR) is 69.1 cm³/mol. The Labute approximate surface area is 106 Å². The normalized spacial score (nSPS) is 9.67. The number of ether oxygens (including phenoxy) is 1. The molecule has 0 atom stereocenters. The van der Waals surface area contributed by atoms with Gasteiger partial charge >= 0.3 is 12.0 Å². The molecule has 0 aliphatic rings. The van der Waals surface area contributed by atoms with Crippen molar-refractivity contribution in [3.05, 3.63) is 24.3 Å². The monoisotopic (exact) mass is 251 g/mol. The zero-order valence-corrected chi connectivity index (χ0v) is 10.5. The van der Waals surface area contributed by atoms with Crippen LogP contribution in [-0.4, -0.2) is 37.1 Å². The Morgan fingerprint density at radius 3 is 2.78 bits per heavy atom. The number of hydrogen-bond donors (Lipinski definition) is 2. The lowest BCUT2D eigenvalue weighted by atomic mass is 10.3. The second kappa shape index (κ2) is 6.48. The van der Waals surface area contributed by atoms with Crippen molar-refractivity contribution in [1.82, 2.24) is 4.90 Å². The van der Waals surface area contributed by atoms with Crippen LogP contribution in [0.4, 0.5) is 16.2 Å². The third-order valence-corrected chi connectivity index (χ3v) is 2.16. The Morgan fingerprint density at radius 2 is 2.17 bits per heavy atom. The Morgan fingerprint density at radius 1 is 1.44 bits per heavy atom. The maximum absolute atomic E-state index is 11.7. The van der Waals surface area contributed by atoms with Crippen LogP contribution in [0.3, 0.4) is 0 Å². The van der Waals surface area contributed by atoms with Gasteiger partial charge in [-0.2, -0.15) is 0 Å². The fourth-order valence-corrected chi connectivity index (χ4v) is 1.31. The molecule has 1 rings (SSSR count). The van der Waals surface area contributed by atoms with Crippen molar-refractivity contribution >= 4 is 23.4 Å². The highest BCUT2D eigenvalue weighted by Crippen LogP contribution is 2.12. The van der Waals surface area contributed by atoms with Crippen LogP contribution in [0, 0.1) is 0 Å². The van der Waals surface area contributed by atoms with Gasteiger partial charge in [0.1, 0.15) is 6.54 Å². The van der Waals surface area contributed by atoms with Gasteiger partial charge in [-0.15, -0.1) is 0 Å². The summed E-state index contributed by atoms with van der Waals surface area (Å²) in [5.41, 5.74) is 6.73. The van der Waals surface area contributed by atoms with Crippen molar-refractivity contribution in [3.63, 3.8) is 0 Å². The topological polar surface area (TPSA) is 84.7 Å². The molecule has 0 saturated carbocycles. The van der Waals surface area contributed by atoms with Crippen LogP contribution in [0.5, 0.6) is 0 Å². The van der Waals surface area contributed by atoms with Crippen molar-refractivity contribution in [2.45, 2.75) is 6.92 Å². The quantitative estimate of drug-likeness (QED) is 0.624. The van der Waals surface area contributed by atoms with E-state index in [0.29, 0.717) is 18.0 Å². The first-order valence-electron chi connectivity index (χ1n) is 5.56. The number of benzene rings is 1. The molecule has 18 heavy (non-hydrogen) atoms. The number of amides is 2. The van der Waals surface area contributed by atoms with Crippen LogP contribution in [0.2, 0.25) is 0 Å². The molecule has 0 aliphatic carbocycles. The van der Waals surface area contributed by atoms with E-state index in [-0.39, 0.29) is 6.54 Å². The number of hydrogen-bond acceptors (Lipinski definition) is 4. The molecular weight excluding hydrogens is 234 g/mol. The highest BCUT2D eigenvalue weighted by molar-refractivity contribution is 5.91. The maximum Gasteiger partial charge on any atom is 0.325 e. The average molecular weight is 251 g/mol. The molecule has 0 spiro atoms. The molecule has 0 heterocycles. The number of urea groups is 1. The fraction of sp³-hybridized carbons (Fsp3) is 0.333. The van der Waals surface area contributed by atoms with E-state index in [9.17, 15) is 9.59 Å². The lowest BCUT2D eigenvalue weighted by molar-refractivity contribution is -0.143. The van der Waals surface area contributed by atoms with Gasteiger partial charge in [0.15, 0.2) is 0 Å². The van der Waals surface area contributed by atoms with E-state index in [1.54, 1.807) is 31.2 Å². The van der Waals surface area contributed by atoms with Gasteiger partial charge in [-0.25, -0.2) is 4.79 Å². The van der Waals surface area contributed by atoms with E-state index < -0.39 is 12.0 Å². The number of anilines is 2. The largest absolute Gasteiger partial charge is 0.465 e. The molecule has 0 unspecified atom stereocenters. The first-order valence-corrected chi connectivity index (χ1v) is 5.56. The molecule has 6 heteroatoms. The number of nitrogens with one attached hydrogen (secondary N) is 1. The SMILES string of the molecule is CCOC(=O)CN(C)C(=O)Nc1cccc(N)c1. The van der Waals surface area contributed by atoms with Gasteiger partial charge in [-0.05, 0) is 25.1 Å². The summed E-state index contributed by atoms with van der Waals surface area (Å²) in [5, 5.41) is 2.63. The molecule has 0 saturated heterocycles.